The van der Waals surface area contributed by atoms with Crippen molar-refractivity contribution in [3.05, 3.63) is 54.1 Å². The fourth-order valence-electron chi connectivity index (χ4n) is 3.31. The molecule has 2 aromatic rings. The van der Waals surface area contributed by atoms with Gasteiger partial charge in [0.05, 0.1) is 14.9 Å². The summed E-state index contributed by atoms with van der Waals surface area (Å²) >= 11 is 0. The summed E-state index contributed by atoms with van der Waals surface area (Å²) in [6.07, 6.45) is 0.313. The molecule has 1 saturated heterocycles. The molecule has 1 fully saturated rings. The Morgan fingerprint density at radius 3 is 2.21 bits per heavy atom. The van der Waals surface area contributed by atoms with Crippen molar-refractivity contribution >= 4 is 19.9 Å². The van der Waals surface area contributed by atoms with Gasteiger partial charge < -0.3 is 4.74 Å². The van der Waals surface area contributed by atoms with Gasteiger partial charge in [-0.05, 0) is 76.1 Å². The van der Waals surface area contributed by atoms with Crippen LogP contribution in [0.4, 0.5) is 0 Å². The topological polar surface area (TPSA) is 80.8 Å². The normalized spacial score (nSPS) is 18.7. The number of ether oxygens (including phenoxy) is 1. The largest absolute Gasteiger partial charge is 0.457 e. The summed E-state index contributed by atoms with van der Waals surface area (Å²) in [5, 5.41) is -0.679. The van der Waals surface area contributed by atoms with Crippen LogP contribution in [-0.4, -0.2) is 44.2 Å². The molecule has 29 heavy (non-hydrogen) atoms. The van der Waals surface area contributed by atoms with Crippen LogP contribution in [0.5, 0.6) is 11.5 Å². The van der Waals surface area contributed by atoms with Gasteiger partial charge in [-0.1, -0.05) is 12.1 Å². The van der Waals surface area contributed by atoms with E-state index in [-0.39, 0.29) is 18.0 Å². The standard InChI is InChI=1S/C21H27NO5S2/c1-16-6-5-7-18(14-16)27-17-8-10-19(11-9-17)29(25,26)22-13-12-20(15-22)28(23,24)21(2,3)4/h5-11,14,20H,12-13,15H2,1-4H3/t20-/m1/s1. The molecule has 2 aromatic carbocycles. The molecule has 0 aliphatic carbocycles. The number of hydrogen-bond donors (Lipinski definition) is 0. The van der Waals surface area contributed by atoms with E-state index in [1.165, 1.54) is 16.4 Å². The third-order valence-corrected chi connectivity index (χ3v) is 9.94. The first-order chi connectivity index (χ1) is 13.4. The molecule has 6 nitrogen and oxygen atoms in total. The summed E-state index contributed by atoms with van der Waals surface area (Å²) in [5.41, 5.74) is 1.07. The smallest absolute Gasteiger partial charge is 0.243 e. The summed E-state index contributed by atoms with van der Waals surface area (Å²) in [5.74, 6) is 1.21. The molecule has 1 aliphatic rings. The van der Waals surface area contributed by atoms with Gasteiger partial charge in [-0.15, -0.1) is 0 Å². The Labute approximate surface area is 173 Å². The Morgan fingerprint density at radius 2 is 1.62 bits per heavy atom. The average Bonchev–Trinajstić information content (AvgIpc) is 3.13. The fourth-order valence-corrected chi connectivity index (χ4v) is 6.70. The quantitative estimate of drug-likeness (QED) is 0.711. The SMILES string of the molecule is Cc1cccc(Oc2ccc(S(=O)(=O)N3CC[C@@H](S(=O)(=O)C(C)(C)C)C3)cc2)c1. The fraction of sp³-hybridized carbons (Fsp3) is 0.429. The highest BCUT2D eigenvalue weighted by Crippen LogP contribution is 2.31. The van der Waals surface area contributed by atoms with E-state index < -0.39 is 29.9 Å². The number of rotatable bonds is 5. The first-order valence-corrected chi connectivity index (χ1v) is 12.5. The van der Waals surface area contributed by atoms with Crippen LogP contribution in [0.1, 0.15) is 32.8 Å². The van der Waals surface area contributed by atoms with Crippen LogP contribution in [0, 0.1) is 6.92 Å². The zero-order valence-electron chi connectivity index (χ0n) is 17.1. The summed E-state index contributed by atoms with van der Waals surface area (Å²) < 4.78 is 57.4. The Hall–Kier alpha value is -1.90. The second-order valence-corrected chi connectivity index (χ2v) is 13.2. The highest BCUT2D eigenvalue weighted by atomic mass is 32.2. The summed E-state index contributed by atoms with van der Waals surface area (Å²) in [6.45, 7) is 7.09. The molecule has 8 heteroatoms. The number of hydrogen-bond acceptors (Lipinski definition) is 5. The minimum atomic E-state index is -3.76. The lowest BCUT2D eigenvalue weighted by Crippen LogP contribution is -2.39. The van der Waals surface area contributed by atoms with Gasteiger partial charge in [0.15, 0.2) is 9.84 Å². The molecule has 1 atom stereocenters. The molecule has 1 aliphatic heterocycles. The lowest BCUT2D eigenvalue weighted by molar-refractivity contribution is 0.473. The maximum atomic E-state index is 13.0. The summed E-state index contributed by atoms with van der Waals surface area (Å²) in [4.78, 5) is 0.128. The van der Waals surface area contributed by atoms with E-state index >= 15 is 0 Å². The van der Waals surface area contributed by atoms with E-state index in [2.05, 4.69) is 0 Å². The minimum Gasteiger partial charge on any atom is -0.457 e. The molecule has 0 aromatic heterocycles. The van der Waals surface area contributed by atoms with Gasteiger partial charge in [-0.25, -0.2) is 16.8 Å². The van der Waals surface area contributed by atoms with Crippen LogP contribution in [-0.2, 0) is 19.9 Å². The van der Waals surface area contributed by atoms with Crippen molar-refractivity contribution < 1.29 is 21.6 Å². The van der Waals surface area contributed by atoms with Crippen molar-refractivity contribution in [2.45, 2.75) is 49.0 Å². The van der Waals surface area contributed by atoms with Crippen molar-refractivity contribution in [2.24, 2.45) is 0 Å². The zero-order chi connectivity index (χ0) is 21.4. The Bertz CT molecular complexity index is 1080. The Morgan fingerprint density at radius 1 is 0.966 bits per heavy atom. The number of sulfonamides is 1. The van der Waals surface area contributed by atoms with E-state index in [1.54, 1.807) is 32.9 Å². The van der Waals surface area contributed by atoms with E-state index in [0.29, 0.717) is 17.9 Å². The predicted molar refractivity (Wildman–Crippen MR) is 114 cm³/mol. The van der Waals surface area contributed by atoms with E-state index in [4.69, 9.17) is 4.74 Å². The molecule has 1 heterocycles. The molecule has 0 unspecified atom stereocenters. The van der Waals surface area contributed by atoms with E-state index in [0.717, 1.165) is 5.56 Å². The zero-order valence-corrected chi connectivity index (χ0v) is 18.8. The molecule has 0 bridgehead atoms. The van der Waals surface area contributed by atoms with E-state index in [1.807, 2.05) is 31.2 Å². The summed E-state index contributed by atoms with van der Waals surface area (Å²) in [7, 11) is -7.18. The van der Waals surface area contributed by atoms with Crippen molar-refractivity contribution in [2.75, 3.05) is 13.1 Å². The first kappa shape index (κ1) is 21.8. The van der Waals surface area contributed by atoms with Gasteiger partial charge in [0.2, 0.25) is 10.0 Å². The van der Waals surface area contributed by atoms with Gasteiger partial charge in [0.25, 0.3) is 0 Å². The van der Waals surface area contributed by atoms with Crippen molar-refractivity contribution in [3.63, 3.8) is 0 Å². The number of aryl methyl sites for hydroxylation is 1. The second kappa shape index (κ2) is 7.74. The molecule has 0 radical (unpaired) electrons. The monoisotopic (exact) mass is 437 g/mol. The van der Waals surface area contributed by atoms with Crippen LogP contribution in [0.25, 0.3) is 0 Å². The highest BCUT2D eigenvalue weighted by Gasteiger charge is 2.43. The highest BCUT2D eigenvalue weighted by molar-refractivity contribution is 7.93. The second-order valence-electron chi connectivity index (χ2n) is 8.32. The van der Waals surface area contributed by atoms with Gasteiger partial charge in [0.1, 0.15) is 11.5 Å². The lowest BCUT2D eigenvalue weighted by Gasteiger charge is -2.24. The molecule has 3 rings (SSSR count). The Kier molecular flexibility index (Phi) is 5.82. The molecule has 0 spiro atoms. The van der Waals surface area contributed by atoms with Gasteiger partial charge in [0, 0.05) is 13.1 Å². The lowest BCUT2D eigenvalue weighted by atomic mass is 10.2. The van der Waals surface area contributed by atoms with Crippen LogP contribution in [0.15, 0.2) is 53.4 Å². The van der Waals surface area contributed by atoms with Crippen molar-refractivity contribution in [3.8, 4) is 11.5 Å². The number of benzene rings is 2. The number of nitrogens with zero attached hydrogens (tertiary/aromatic N) is 1. The number of sulfone groups is 1. The van der Waals surface area contributed by atoms with Crippen LogP contribution in [0.3, 0.4) is 0 Å². The van der Waals surface area contributed by atoms with Crippen LogP contribution >= 0.6 is 0 Å². The van der Waals surface area contributed by atoms with Crippen LogP contribution in [0.2, 0.25) is 0 Å². The molecule has 158 valence electrons. The van der Waals surface area contributed by atoms with Gasteiger partial charge in [-0.3, -0.25) is 0 Å². The molecule has 0 amide bonds. The molecular weight excluding hydrogens is 410 g/mol. The average molecular weight is 438 g/mol. The summed E-state index contributed by atoms with van der Waals surface area (Å²) in [6, 6.07) is 13.8. The maximum absolute atomic E-state index is 13.0. The van der Waals surface area contributed by atoms with Gasteiger partial charge in [-0.2, -0.15) is 4.31 Å². The maximum Gasteiger partial charge on any atom is 0.243 e. The van der Waals surface area contributed by atoms with E-state index in [9.17, 15) is 16.8 Å². The van der Waals surface area contributed by atoms with Crippen molar-refractivity contribution in [1.82, 2.24) is 4.31 Å². The molecule has 0 saturated carbocycles. The van der Waals surface area contributed by atoms with Gasteiger partial charge >= 0.3 is 0 Å². The minimum absolute atomic E-state index is 0.0104. The molecular formula is C21H27NO5S2. The first-order valence-electron chi connectivity index (χ1n) is 9.49. The third-order valence-electron chi connectivity index (χ3n) is 5.09. The Balaban J connectivity index is 1.75. The van der Waals surface area contributed by atoms with Crippen molar-refractivity contribution in [1.29, 1.82) is 0 Å². The molecule has 0 N–H and O–H groups in total. The van der Waals surface area contributed by atoms with Crippen LogP contribution < -0.4 is 4.74 Å². The third kappa shape index (κ3) is 4.49. The predicted octanol–water partition coefficient (Wildman–Crippen LogP) is 3.76.